The summed E-state index contributed by atoms with van der Waals surface area (Å²) in [6.07, 6.45) is 4.29. The lowest BCUT2D eigenvalue weighted by Crippen LogP contribution is -2.27. The lowest BCUT2D eigenvalue weighted by atomic mass is 10.1. The monoisotopic (exact) mass is 291 g/mol. The first kappa shape index (κ1) is 14.5. The molecule has 1 N–H and O–H groups in total. The molecule has 0 spiro atoms. The lowest BCUT2D eigenvalue weighted by Gasteiger charge is -2.06. The van der Waals surface area contributed by atoms with Crippen molar-refractivity contribution >= 4 is 5.91 Å². The first-order valence-corrected chi connectivity index (χ1v) is 7.85. The van der Waals surface area contributed by atoms with Crippen LogP contribution in [0.2, 0.25) is 0 Å². The third-order valence-corrected chi connectivity index (χ3v) is 4.22. The van der Waals surface area contributed by atoms with Gasteiger partial charge in [0, 0.05) is 25.7 Å². The maximum Gasteiger partial charge on any atom is 0.223 e. The SMILES string of the molecule is O=C(NCCCOCC1CC1)[C@H]1C[C@@H]1c1cccc(F)c1. The average Bonchev–Trinajstić information content (AvgIpc) is 3.36. The van der Waals surface area contributed by atoms with Gasteiger partial charge in [-0.1, -0.05) is 12.1 Å². The van der Waals surface area contributed by atoms with Crippen molar-refractivity contribution in [2.24, 2.45) is 11.8 Å². The maximum absolute atomic E-state index is 13.2. The molecule has 4 heteroatoms. The number of hydrogen-bond acceptors (Lipinski definition) is 2. The predicted molar refractivity (Wildman–Crippen MR) is 78.4 cm³/mol. The van der Waals surface area contributed by atoms with Crippen LogP contribution in [0.1, 0.15) is 37.2 Å². The Bertz CT molecular complexity index is 501. The predicted octanol–water partition coefficient (Wildman–Crippen LogP) is 2.86. The van der Waals surface area contributed by atoms with Crippen LogP contribution in [0.25, 0.3) is 0 Å². The molecule has 2 aliphatic carbocycles. The summed E-state index contributed by atoms with van der Waals surface area (Å²) in [5.41, 5.74) is 0.933. The fourth-order valence-electron chi connectivity index (χ4n) is 2.64. The summed E-state index contributed by atoms with van der Waals surface area (Å²) >= 11 is 0. The van der Waals surface area contributed by atoms with Gasteiger partial charge < -0.3 is 10.1 Å². The summed E-state index contributed by atoms with van der Waals surface area (Å²) in [5.74, 6) is 0.849. The molecule has 0 heterocycles. The second-order valence-electron chi connectivity index (χ2n) is 6.17. The Labute approximate surface area is 124 Å². The van der Waals surface area contributed by atoms with E-state index in [9.17, 15) is 9.18 Å². The second-order valence-corrected chi connectivity index (χ2v) is 6.17. The molecule has 0 bridgehead atoms. The first-order valence-electron chi connectivity index (χ1n) is 7.85. The minimum absolute atomic E-state index is 0.0131. The molecule has 0 aromatic heterocycles. The molecule has 0 aliphatic heterocycles. The van der Waals surface area contributed by atoms with E-state index in [0.29, 0.717) is 6.54 Å². The van der Waals surface area contributed by atoms with Gasteiger partial charge in [-0.15, -0.1) is 0 Å². The van der Waals surface area contributed by atoms with Crippen LogP contribution in [0.3, 0.4) is 0 Å². The molecule has 1 aromatic rings. The van der Waals surface area contributed by atoms with E-state index in [0.717, 1.165) is 37.5 Å². The van der Waals surface area contributed by atoms with Gasteiger partial charge >= 0.3 is 0 Å². The highest BCUT2D eigenvalue weighted by atomic mass is 19.1. The summed E-state index contributed by atoms with van der Waals surface area (Å²) in [5, 5.41) is 2.95. The number of benzene rings is 1. The Morgan fingerprint density at radius 1 is 1.38 bits per heavy atom. The Morgan fingerprint density at radius 3 is 3.00 bits per heavy atom. The smallest absolute Gasteiger partial charge is 0.223 e. The van der Waals surface area contributed by atoms with Crippen LogP contribution >= 0.6 is 0 Å². The van der Waals surface area contributed by atoms with E-state index in [1.54, 1.807) is 6.07 Å². The van der Waals surface area contributed by atoms with E-state index in [1.807, 2.05) is 6.07 Å². The molecule has 3 nitrogen and oxygen atoms in total. The zero-order valence-electron chi connectivity index (χ0n) is 12.2. The third kappa shape index (κ3) is 4.27. The van der Waals surface area contributed by atoms with Crippen LogP contribution in [0.5, 0.6) is 0 Å². The van der Waals surface area contributed by atoms with E-state index in [-0.39, 0.29) is 23.6 Å². The van der Waals surface area contributed by atoms with Crippen LogP contribution in [-0.2, 0) is 9.53 Å². The standard InChI is InChI=1S/C17H22FNO2/c18-14-4-1-3-13(9-14)15-10-16(15)17(20)19-7-2-8-21-11-12-5-6-12/h1,3-4,9,12,15-16H,2,5-8,10-11H2,(H,19,20)/t15-,16+/m1/s1. The van der Waals surface area contributed by atoms with Gasteiger partial charge in [0.1, 0.15) is 5.82 Å². The normalized spacial score (nSPS) is 23.9. The van der Waals surface area contributed by atoms with E-state index in [1.165, 1.54) is 25.0 Å². The molecule has 1 aromatic carbocycles. The highest BCUT2D eigenvalue weighted by Gasteiger charge is 2.43. The molecular weight excluding hydrogens is 269 g/mol. The summed E-state index contributed by atoms with van der Waals surface area (Å²) < 4.78 is 18.7. The molecule has 0 saturated heterocycles. The van der Waals surface area contributed by atoms with Crippen LogP contribution in [0, 0.1) is 17.7 Å². The zero-order valence-corrected chi connectivity index (χ0v) is 12.2. The van der Waals surface area contributed by atoms with Crippen molar-refractivity contribution in [1.82, 2.24) is 5.32 Å². The Morgan fingerprint density at radius 2 is 2.24 bits per heavy atom. The van der Waals surface area contributed by atoms with Gasteiger partial charge in [0.05, 0.1) is 0 Å². The number of nitrogens with one attached hydrogen (secondary N) is 1. The molecule has 0 radical (unpaired) electrons. The van der Waals surface area contributed by atoms with Gasteiger partial charge in [0.15, 0.2) is 0 Å². The van der Waals surface area contributed by atoms with Gasteiger partial charge in [-0.3, -0.25) is 4.79 Å². The van der Waals surface area contributed by atoms with Crippen LogP contribution in [-0.4, -0.2) is 25.7 Å². The number of hydrogen-bond donors (Lipinski definition) is 1. The summed E-state index contributed by atoms with van der Waals surface area (Å²) in [6.45, 7) is 2.25. The summed E-state index contributed by atoms with van der Waals surface area (Å²) in [6, 6.07) is 6.56. The van der Waals surface area contributed by atoms with Gasteiger partial charge in [-0.05, 0) is 55.2 Å². The Balaban J connectivity index is 1.31. The van der Waals surface area contributed by atoms with Gasteiger partial charge in [-0.2, -0.15) is 0 Å². The maximum atomic E-state index is 13.2. The van der Waals surface area contributed by atoms with E-state index >= 15 is 0 Å². The fourth-order valence-corrected chi connectivity index (χ4v) is 2.64. The molecule has 2 aliphatic rings. The summed E-state index contributed by atoms with van der Waals surface area (Å²) in [4.78, 5) is 12.0. The second kappa shape index (κ2) is 6.56. The number of amides is 1. The fraction of sp³-hybridized carbons (Fsp3) is 0.588. The number of halogens is 1. The Hall–Kier alpha value is -1.42. The number of carbonyl (C=O) groups is 1. The highest BCUT2D eigenvalue weighted by Crippen LogP contribution is 2.47. The molecule has 0 unspecified atom stereocenters. The van der Waals surface area contributed by atoms with Crippen molar-refractivity contribution in [3.8, 4) is 0 Å². The van der Waals surface area contributed by atoms with Gasteiger partial charge in [0.2, 0.25) is 5.91 Å². The van der Waals surface area contributed by atoms with Crippen LogP contribution in [0.4, 0.5) is 4.39 Å². The molecule has 3 rings (SSSR count). The minimum Gasteiger partial charge on any atom is -0.381 e. The van der Waals surface area contributed by atoms with Gasteiger partial charge in [0.25, 0.3) is 0 Å². The molecule has 1 amide bonds. The van der Waals surface area contributed by atoms with Crippen LogP contribution < -0.4 is 5.32 Å². The van der Waals surface area contributed by atoms with E-state index < -0.39 is 0 Å². The average molecular weight is 291 g/mol. The lowest BCUT2D eigenvalue weighted by molar-refractivity contribution is -0.122. The molecule has 2 fully saturated rings. The molecule has 21 heavy (non-hydrogen) atoms. The largest absolute Gasteiger partial charge is 0.381 e. The molecule has 2 saturated carbocycles. The first-order chi connectivity index (χ1) is 10.2. The van der Waals surface area contributed by atoms with Crippen molar-refractivity contribution in [3.05, 3.63) is 35.6 Å². The number of ether oxygens (including phenoxy) is 1. The van der Waals surface area contributed by atoms with Crippen molar-refractivity contribution < 1.29 is 13.9 Å². The number of carbonyl (C=O) groups excluding carboxylic acids is 1. The quantitative estimate of drug-likeness (QED) is 0.748. The summed E-state index contributed by atoms with van der Waals surface area (Å²) in [7, 11) is 0. The van der Waals surface area contributed by atoms with Gasteiger partial charge in [-0.25, -0.2) is 4.39 Å². The highest BCUT2D eigenvalue weighted by molar-refractivity contribution is 5.82. The molecule has 2 atom stereocenters. The zero-order chi connectivity index (χ0) is 14.7. The Kier molecular flexibility index (Phi) is 4.54. The van der Waals surface area contributed by atoms with Crippen molar-refractivity contribution in [2.75, 3.05) is 19.8 Å². The van der Waals surface area contributed by atoms with E-state index in [2.05, 4.69) is 5.32 Å². The molecular formula is C17H22FNO2. The van der Waals surface area contributed by atoms with Crippen molar-refractivity contribution in [3.63, 3.8) is 0 Å². The minimum atomic E-state index is -0.230. The number of rotatable bonds is 8. The topological polar surface area (TPSA) is 38.3 Å². The van der Waals surface area contributed by atoms with Crippen molar-refractivity contribution in [2.45, 2.75) is 31.6 Å². The third-order valence-electron chi connectivity index (χ3n) is 4.22. The molecule has 114 valence electrons. The van der Waals surface area contributed by atoms with E-state index in [4.69, 9.17) is 4.74 Å². The van der Waals surface area contributed by atoms with Crippen LogP contribution in [0.15, 0.2) is 24.3 Å². The van der Waals surface area contributed by atoms with Crippen molar-refractivity contribution in [1.29, 1.82) is 0 Å².